The topological polar surface area (TPSA) is 51.6 Å². The Morgan fingerprint density at radius 2 is 0.295 bits per heavy atom. The first-order chi connectivity index (χ1) is 68.7. The second-order valence-electron chi connectivity index (χ2n) is 36.2. The maximum absolute atomic E-state index is 5.72. The molecule has 646 valence electrons. The first-order valence-corrected chi connectivity index (χ1v) is 52.4. The standard InChI is InChI=1S/C128H72N4S7/c1-2-14-76(15-3-1)110-69-94(70-111(129-110)95-60-91(85-44-53-120-106(66-85)99-19-7-12-24-115(99)136-120)57-92(61-95)86-45-54-121-107(67-86)100-20-8-13-25-116(100)137-121)93-58-89(83-43-52-119-105(65-83)98-18-6-11-23-114(98)135-119)56-90(59-93)84-46-55-123-109(68-84)102-48-39-88(72-125(102)139-123)87-38-47-101-108-64-82(42-51-122(108)138-124(101)71-87)75-30-36-79(37-31-75)128-131-126(77-32-26-73(27-33-77)80-40-49-117-103(62-80)96-16-4-9-21-112(96)133-117)130-127(132-128)78-34-28-74(29-35-78)81-41-50-118-104(63-81)97-17-5-10-22-113(97)134-118/h1-72H. The van der Waals surface area contributed by atoms with Crippen LogP contribution < -0.4 is 0 Å². The number of benzene rings is 20. The number of fused-ring (bicyclic) bond motifs is 21. The molecular weight excluding hydrogens is 1820 g/mol. The number of hydrogen-bond donors (Lipinski definition) is 0. The van der Waals surface area contributed by atoms with Gasteiger partial charge in [-0.25, -0.2) is 19.9 Å². The number of aromatic nitrogens is 4. The Hall–Kier alpha value is -15.9. The Kier molecular flexibility index (Phi) is 18.7. The third-order valence-corrected chi connectivity index (χ3v) is 36.0. The average Bonchev–Trinajstić information content (AvgIpc) is 1.71. The summed E-state index contributed by atoms with van der Waals surface area (Å²) >= 11 is 13.0. The van der Waals surface area contributed by atoms with Gasteiger partial charge in [-0.1, -0.05) is 261 Å². The number of pyridine rings is 1. The van der Waals surface area contributed by atoms with Gasteiger partial charge < -0.3 is 0 Å². The second kappa shape index (κ2) is 32.4. The highest BCUT2D eigenvalue weighted by atomic mass is 32.1. The van der Waals surface area contributed by atoms with Crippen LogP contribution in [0.25, 0.3) is 298 Å². The molecule has 0 bridgehead atoms. The van der Waals surface area contributed by atoms with Crippen molar-refractivity contribution in [3.63, 3.8) is 0 Å². The molecule has 0 unspecified atom stereocenters. The molecule has 0 aliphatic rings. The molecule has 0 N–H and O–H groups in total. The first-order valence-electron chi connectivity index (χ1n) is 46.7. The molecule has 0 amide bonds. The van der Waals surface area contributed by atoms with E-state index in [1.165, 1.54) is 180 Å². The predicted octanol–water partition coefficient (Wildman–Crippen LogP) is 39.2. The number of hydrogen-bond acceptors (Lipinski definition) is 11. The molecule has 4 nitrogen and oxygen atoms in total. The fraction of sp³-hybridized carbons (Fsp3) is 0. The van der Waals surface area contributed by atoms with E-state index in [0.29, 0.717) is 17.5 Å². The van der Waals surface area contributed by atoms with Gasteiger partial charge >= 0.3 is 0 Å². The van der Waals surface area contributed by atoms with Crippen LogP contribution in [-0.2, 0) is 0 Å². The molecule has 29 rings (SSSR count). The van der Waals surface area contributed by atoms with Crippen molar-refractivity contribution in [1.29, 1.82) is 0 Å². The highest BCUT2D eigenvalue weighted by Gasteiger charge is 2.23. The van der Waals surface area contributed by atoms with Crippen molar-refractivity contribution >= 4 is 221 Å². The lowest BCUT2D eigenvalue weighted by Gasteiger charge is -2.16. The minimum atomic E-state index is 0.614. The molecule has 0 fully saturated rings. The van der Waals surface area contributed by atoms with Gasteiger partial charge in [-0.05, 0) is 276 Å². The molecule has 0 aliphatic carbocycles. The van der Waals surface area contributed by atoms with Crippen LogP contribution >= 0.6 is 79.4 Å². The molecular formula is C128H72N4S7. The van der Waals surface area contributed by atoms with Gasteiger partial charge in [-0.15, -0.1) is 79.4 Å². The zero-order valence-electron chi connectivity index (χ0n) is 74.2. The van der Waals surface area contributed by atoms with Crippen molar-refractivity contribution in [2.45, 2.75) is 0 Å². The lowest BCUT2D eigenvalue weighted by atomic mass is 9.90. The molecule has 0 spiro atoms. The lowest BCUT2D eigenvalue weighted by molar-refractivity contribution is 1.07. The highest BCUT2D eigenvalue weighted by Crippen LogP contribution is 2.50. The molecule has 11 heteroatoms. The van der Waals surface area contributed by atoms with Crippen molar-refractivity contribution < 1.29 is 0 Å². The Morgan fingerprint density at radius 3 is 0.590 bits per heavy atom. The predicted molar refractivity (Wildman–Crippen MR) is 604 cm³/mol. The molecule has 20 aromatic carbocycles. The Bertz CT molecular complexity index is 9860. The molecule has 29 aromatic rings. The van der Waals surface area contributed by atoms with Gasteiger partial charge in [0.1, 0.15) is 0 Å². The maximum atomic E-state index is 5.72. The molecule has 0 aliphatic heterocycles. The summed E-state index contributed by atoms with van der Waals surface area (Å²) in [5, 5.41) is 17.8. The number of rotatable bonds is 14. The summed E-state index contributed by atoms with van der Waals surface area (Å²) in [6, 6.07) is 163. The SMILES string of the molecule is c1ccc(-c2cc(-c3cc(-c4ccc5sc6ccccc6c5c4)cc(-c4ccc5sc6cc(-c7ccc8c(c7)sc7ccc(-c9ccc(-c%10nc(-c%11ccc(-c%12ccc%13sc%14ccccc%14c%13c%12)cc%11)nc(-c%11ccc(-c%12ccc%13sc%14ccccc%14c%13c%12)cc%11)n%10)cc9)cc78)ccc6c5c4)c3)cc(-c3cc(-c4ccc5sc6ccccc6c5c4)cc(-c4ccc5sc6ccccc6c5c4)c3)n2)cc1. The minimum Gasteiger partial charge on any atom is -0.248 e. The highest BCUT2D eigenvalue weighted by molar-refractivity contribution is 7.28. The van der Waals surface area contributed by atoms with E-state index in [1.54, 1.807) is 0 Å². The molecule has 0 radical (unpaired) electrons. The van der Waals surface area contributed by atoms with Gasteiger partial charge in [-0.2, -0.15) is 0 Å². The van der Waals surface area contributed by atoms with Crippen molar-refractivity contribution in [1.82, 2.24) is 19.9 Å². The molecule has 9 aromatic heterocycles. The Balaban J connectivity index is 0.493. The molecule has 0 saturated heterocycles. The fourth-order valence-corrected chi connectivity index (χ4v) is 28.5. The van der Waals surface area contributed by atoms with E-state index >= 15 is 0 Å². The van der Waals surface area contributed by atoms with E-state index < -0.39 is 0 Å². The molecule has 0 atom stereocenters. The van der Waals surface area contributed by atoms with E-state index in [-0.39, 0.29) is 0 Å². The van der Waals surface area contributed by atoms with Gasteiger partial charge in [0.05, 0.1) is 11.4 Å². The van der Waals surface area contributed by atoms with Crippen LogP contribution in [0.3, 0.4) is 0 Å². The summed E-state index contributed by atoms with van der Waals surface area (Å²) < 4.78 is 18.0. The van der Waals surface area contributed by atoms with Gasteiger partial charge in [0.25, 0.3) is 0 Å². The van der Waals surface area contributed by atoms with Gasteiger partial charge in [0, 0.05) is 169 Å². The average molecular weight is 1890 g/mol. The second-order valence-corrected chi connectivity index (χ2v) is 43.8. The van der Waals surface area contributed by atoms with Crippen LogP contribution in [0.2, 0.25) is 0 Å². The zero-order chi connectivity index (χ0) is 91.0. The fourth-order valence-electron chi connectivity index (χ4n) is 20.8. The van der Waals surface area contributed by atoms with Crippen molar-refractivity contribution in [2.24, 2.45) is 0 Å². The van der Waals surface area contributed by atoms with Crippen LogP contribution in [-0.4, -0.2) is 19.9 Å². The van der Waals surface area contributed by atoms with Gasteiger partial charge in [0.15, 0.2) is 17.5 Å². The van der Waals surface area contributed by atoms with Crippen LogP contribution in [0.15, 0.2) is 437 Å². The summed E-state index contributed by atoms with van der Waals surface area (Å²) in [5.41, 5.74) is 27.4. The van der Waals surface area contributed by atoms with Crippen molar-refractivity contribution in [3.8, 4) is 157 Å². The normalized spacial score (nSPS) is 12.0. The van der Waals surface area contributed by atoms with Crippen LogP contribution in [0, 0.1) is 0 Å². The molecule has 9 heterocycles. The van der Waals surface area contributed by atoms with Gasteiger partial charge in [0.2, 0.25) is 0 Å². The molecule has 0 saturated carbocycles. The summed E-state index contributed by atoms with van der Waals surface area (Å²) in [6.07, 6.45) is 0. The smallest absolute Gasteiger partial charge is 0.164 e. The van der Waals surface area contributed by atoms with Crippen LogP contribution in [0.1, 0.15) is 0 Å². The largest absolute Gasteiger partial charge is 0.248 e. The van der Waals surface area contributed by atoms with E-state index in [4.69, 9.17) is 19.9 Å². The Labute approximate surface area is 826 Å². The van der Waals surface area contributed by atoms with E-state index in [1.807, 2.05) is 79.4 Å². The van der Waals surface area contributed by atoms with E-state index in [9.17, 15) is 0 Å². The summed E-state index contributed by atoms with van der Waals surface area (Å²) in [5.74, 6) is 1.85. The van der Waals surface area contributed by atoms with Crippen molar-refractivity contribution in [2.75, 3.05) is 0 Å². The number of thiophene rings is 7. The quantitative estimate of drug-likeness (QED) is 0.109. The maximum Gasteiger partial charge on any atom is 0.164 e. The number of nitrogens with zero attached hydrogens (tertiary/aromatic N) is 4. The summed E-state index contributed by atoms with van der Waals surface area (Å²) in [4.78, 5) is 21.5. The van der Waals surface area contributed by atoms with Crippen molar-refractivity contribution in [3.05, 3.63) is 437 Å². The zero-order valence-corrected chi connectivity index (χ0v) is 79.9. The lowest BCUT2D eigenvalue weighted by Crippen LogP contribution is -2.00. The summed E-state index contributed by atoms with van der Waals surface area (Å²) in [7, 11) is 0. The minimum absolute atomic E-state index is 0.614. The molecule has 139 heavy (non-hydrogen) atoms. The van der Waals surface area contributed by atoms with Gasteiger partial charge in [-0.3, -0.25) is 0 Å². The van der Waals surface area contributed by atoms with E-state index in [2.05, 4.69) is 437 Å². The van der Waals surface area contributed by atoms with Crippen LogP contribution in [0.5, 0.6) is 0 Å². The first kappa shape index (κ1) is 80.4. The third-order valence-electron chi connectivity index (χ3n) is 27.9. The summed E-state index contributed by atoms with van der Waals surface area (Å²) in [6.45, 7) is 0. The Morgan fingerprint density at radius 1 is 0.101 bits per heavy atom. The van der Waals surface area contributed by atoms with E-state index in [0.717, 1.165) is 100 Å². The van der Waals surface area contributed by atoms with Crippen LogP contribution in [0.4, 0.5) is 0 Å². The monoisotopic (exact) mass is 1890 g/mol. The third kappa shape index (κ3) is 14.0.